The summed E-state index contributed by atoms with van der Waals surface area (Å²) < 4.78 is 1.54. The molecule has 2 aromatic carbocycles. The molecule has 3 rings (SSSR count). The fourth-order valence-corrected chi connectivity index (χ4v) is 3.37. The van der Waals surface area contributed by atoms with Crippen LogP contribution in [0.2, 0.25) is 0 Å². The smallest absolute Gasteiger partial charge is 0.247 e. The van der Waals surface area contributed by atoms with Crippen LogP contribution < -0.4 is 16.0 Å². The fraction of sp³-hybridized carbons (Fsp3) is 0.280. The fourth-order valence-electron chi connectivity index (χ4n) is 3.37. The number of carbonyl (C=O) groups excluding carboxylic acids is 3. The number of rotatable bonds is 9. The molecule has 1 unspecified atom stereocenters. The topological polar surface area (TPSA) is 105 Å². The lowest BCUT2D eigenvalue weighted by molar-refractivity contribution is -0.127. The van der Waals surface area contributed by atoms with Crippen LogP contribution in [0.4, 0.5) is 11.4 Å². The number of aryl methyl sites for hydroxylation is 1. The Bertz CT molecular complexity index is 1090. The van der Waals surface area contributed by atoms with Gasteiger partial charge in [-0.05, 0) is 48.2 Å². The third-order valence-corrected chi connectivity index (χ3v) is 5.11. The number of hydrogen-bond acceptors (Lipinski definition) is 4. The van der Waals surface area contributed by atoms with Gasteiger partial charge in [-0.15, -0.1) is 0 Å². The van der Waals surface area contributed by atoms with Crippen molar-refractivity contribution in [3.05, 3.63) is 78.1 Å². The molecule has 0 aliphatic carbocycles. The molecule has 3 N–H and O–H groups in total. The zero-order valence-corrected chi connectivity index (χ0v) is 19.0. The van der Waals surface area contributed by atoms with Crippen LogP contribution >= 0.6 is 0 Å². The molecule has 0 saturated carbocycles. The van der Waals surface area contributed by atoms with Gasteiger partial charge in [-0.2, -0.15) is 5.10 Å². The maximum absolute atomic E-state index is 12.9. The minimum absolute atomic E-state index is 0.0910. The predicted octanol–water partition coefficient (Wildman–Crippen LogP) is 3.15. The molecule has 3 amide bonds. The lowest BCUT2D eigenvalue weighted by Gasteiger charge is -2.22. The molecule has 0 aliphatic rings. The van der Waals surface area contributed by atoms with Gasteiger partial charge in [0.15, 0.2) is 0 Å². The molecule has 0 radical (unpaired) electrons. The molecule has 33 heavy (non-hydrogen) atoms. The van der Waals surface area contributed by atoms with Crippen LogP contribution in [0.15, 0.2) is 67.0 Å². The number of anilines is 2. The van der Waals surface area contributed by atoms with Crippen LogP contribution in [0.25, 0.3) is 0 Å². The monoisotopic (exact) mass is 447 g/mol. The van der Waals surface area contributed by atoms with Gasteiger partial charge in [0.25, 0.3) is 0 Å². The number of nitrogens with zero attached hydrogens (tertiary/aromatic N) is 2. The van der Waals surface area contributed by atoms with Crippen molar-refractivity contribution >= 4 is 29.1 Å². The lowest BCUT2D eigenvalue weighted by atomic mass is 10.0. The highest BCUT2D eigenvalue weighted by molar-refractivity contribution is 5.98. The largest absolute Gasteiger partial charge is 0.344 e. The quantitative estimate of drug-likeness (QED) is 0.469. The standard InChI is InChI=1S/C25H29N5O3/c1-17(2)24(29-22(31)15-19-8-5-4-6-9-19)25(33)27-20-10-11-21(18(3)14-20)28-23(32)16-30-13-7-12-26-30/h4-14,17,24H,15-16H2,1-3H3,(H,27,33)(H,28,32)(H,29,31). The van der Waals surface area contributed by atoms with Crippen LogP contribution in [0.3, 0.4) is 0 Å². The van der Waals surface area contributed by atoms with E-state index in [-0.39, 0.29) is 36.6 Å². The molecule has 1 heterocycles. The highest BCUT2D eigenvalue weighted by atomic mass is 16.2. The van der Waals surface area contributed by atoms with Gasteiger partial charge in [-0.1, -0.05) is 44.2 Å². The molecule has 1 atom stereocenters. The zero-order chi connectivity index (χ0) is 23.8. The summed E-state index contributed by atoms with van der Waals surface area (Å²) in [7, 11) is 0. The Labute approximate surface area is 193 Å². The van der Waals surface area contributed by atoms with E-state index in [1.165, 1.54) is 4.68 Å². The Hall–Kier alpha value is -3.94. The van der Waals surface area contributed by atoms with Gasteiger partial charge in [0.05, 0.1) is 6.42 Å². The molecular formula is C25H29N5O3. The second-order valence-corrected chi connectivity index (χ2v) is 8.22. The van der Waals surface area contributed by atoms with Crippen molar-refractivity contribution in [1.29, 1.82) is 0 Å². The number of amides is 3. The maximum Gasteiger partial charge on any atom is 0.247 e. The molecule has 1 aromatic heterocycles. The summed E-state index contributed by atoms with van der Waals surface area (Å²) in [5.74, 6) is -0.783. The first kappa shape index (κ1) is 23.7. The summed E-state index contributed by atoms with van der Waals surface area (Å²) in [6.45, 7) is 5.73. The number of carbonyl (C=O) groups is 3. The Balaban J connectivity index is 1.59. The van der Waals surface area contributed by atoms with E-state index < -0.39 is 6.04 Å². The molecule has 0 bridgehead atoms. The minimum atomic E-state index is -0.671. The van der Waals surface area contributed by atoms with E-state index in [4.69, 9.17) is 0 Å². The molecule has 0 aliphatic heterocycles. The van der Waals surface area contributed by atoms with E-state index in [1.807, 2.05) is 51.1 Å². The third kappa shape index (κ3) is 7.03. The van der Waals surface area contributed by atoms with E-state index in [0.29, 0.717) is 11.4 Å². The van der Waals surface area contributed by atoms with Crippen molar-refractivity contribution in [3.63, 3.8) is 0 Å². The van der Waals surface area contributed by atoms with E-state index >= 15 is 0 Å². The predicted molar refractivity (Wildman–Crippen MR) is 128 cm³/mol. The molecule has 8 heteroatoms. The SMILES string of the molecule is Cc1cc(NC(=O)C(NC(=O)Cc2ccccc2)C(C)C)ccc1NC(=O)Cn1cccn1. The van der Waals surface area contributed by atoms with Crippen molar-refractivity contribution in [2.45, 2.75) is 39.8 Å². The molecule has 0 fully saturated rings. The Kier molecular flexibility index (Phi) is 7.96. The zero-order valence-electron chi connectivity index (χ0n) is 19.0. The summed E-state index contributed by atoms with van der Waals surface area (Å²) in [6, 6.07) is 15.7. The highest BCUT2D eigenvalue weighted by Gasteiger charge is 2.24. The third-order valence-electron chi connectivity index (χ3n) is 5.11. The van der Waals surface area contributed by atoms with Crippen molar-refractivity contribution in [2.24, 2.45) is 5.92 Å². The second-order valence-electron chi connectivity index (χ2n) is 8.22. The van der Waals surface area contributed by atoms with Gasteiger partial charge in [-0.25, -0.2) is 0 Å². The number of nitrogens with one attached hydrogen (secondary N) is 3. The maximum atomic E-state index is 12.9. The van der Waals surface area contributed by atoms with E-state index in [1.54, 1.807) is 36.7 Å². The highest BCUT2D eigenvalue weighted by Crippen LogP contribution is 2.20. The summed E-state index contributed by atoms with van der Waals surface area (Å²) >= 11 is 0. The molecule has 0 spiro atoms. The van der Waals surface area contributed by atoms with Crippen molar-refractivity contribution in [1.82, 2.24) is 15.1 Å². The van der Waals surface area contributed by atoms with Crippen LogP contribution in [0.5, 0.6) is 0 Å². The van der Waals surface area contributed by atoms with Gasteiger partial charge in [0, 0.05) is 23.8 Å². The first-order chi connectivity index (χ1) is 15.8. The van der Waals surface area contributed by atoms with Gasteiger partial charge in [-0.3, -0.25) is 19.1 Å². The summed E-state index contributed by atoms with van der Waals surface area (Å²) in [5, 5.41) is 12.6. The van der Waals surface area contributed by atoms with Crippen molar-refractivity contribution in [3.8, 4) is 0 Å². The Morgan fingerprint density at radius 2 is 1.73 bits per heavy atom. The van der Waals surface area contributed by atoms with E-state index in [2.05, 4.69) is 21.0 Å². The summed E-state index contributed by atoms with van der Waals surface area (Å²) in [4.78, 5) is 37.6. The molecule has 0 saturated heterocycles. The second kappa shape index (κ2) is 11.1. The van der Waals surface area contributed by atoms with Gasteiger partial charge < -0.3 is 16.0 Å². The van der Waals surface area contributed by atoms with Gasteiger partial charge in [0.1, 0.15) is 12.6 Å². The molecule has 172 valence electrons. The van der Waals surface area contributed by atoms with Crippen LogP contribution in [0.1, 0.15) is 25.0 Å². The average molecular weight is 448 g/mol. The first-order valence-electron chi connectivity index (χ1n) is 10.8. The number of aromatic nitrogens is 2. The molecule has 8 nitrogen and oxygen atoms in total. The Morgan fingerprint density at radius 1 is 0.970 bits per heavy atom. The van der Waals surface area contributed by atoms with Crippen molar-refractivity contribution in [2.75, 3.05) is 10.6 Å². The number of hydrogen-bond donors (Lipinski definition) is 3. The molecule has 3 aromatic rings. The van der Waals surface area contributed by atoms with E-state index in [9.17, 15) is 14.4 Å². The average Bonchev–Trinajstić information content (AvgIpc) is 3.27. The lowest BCUT2D eigenvalue weighted by Crippen LogP contribution is -2.47. The molecular weight excluding hydrogens is 418 g/mol. The Morgan fingerprint density at radius 3 is 2.36 bits per heavy atom. The van der Waals surface area contributed by atoms with Crippen LogP contribution in [-0.4, -0.2) is 33.5 Å². The van der Waals surface area contributed by atoms with E-state index in [0.717, 1.165) is 11.1 Å². The summed E-state index contributed by atoms with van der Waals surface area (Å²) in [6.07, 6.45) is 3.54. The van der Waals surface area contributed by atoms with Crippen LogP contribution in [0, 0.1) is 12.8 Å². The van der Waals surface area contributed by atoms with Crippen LogP contribution in [-0.2, 0) is 27.3 Å². The number of benzene rings is 2. The minimum Gasteiger partial charge on any atom is -0.344 e. The van der Waals surface area contributed by atoms with Gasteiger partial charge in [0.2, 0.25) is 17.7 Å². The van der Waals surface area contributed by atoms with Gasteiger partial charge >= 0.3 is 0 Å². The normalized spacial score (nSPS) is 11.6. The van der Waals surface area contributed by atoms with Crippen molar-refractivity contribution < 1.29 is 14.4 Å². The summed E-state index contributed by atoms with van der Waals surface area (Å²) in [5.41, 5.74) is 2.93. The first-order valence-corrected chi connectivity index (χ1v) is 10.8.